The van der Waals surface area contributed by atoms with E-state index in [0.717, 1.165) is 19.3 Å². The van der Waals surface area contributed by atoms with Crippen LogP contribution in [0.15, 0.2) is 23.2 Å². The summed E-state index contributed by atoms with van der Waals surface area (Å²) >= 11 is 0. The minimum absolute atomic E-state index is 0.124. The molecule has 0 saturated heterocycles. The zero-order valence-corrected chi connectivity index (χ0v) is 11.6. The molecule has 1 unspecified atom stereocenters. The Hall–Kier alpha value is -2.09. The van der Waals surface area contributed by atoms with E-state index in [1.54, 1.807) is 6.19 Å². The van der Waals surface area contributed by atoms with E-state index in [2.05, 4.69) is 40.7 Å². The van der Waals surface area contributed by atoms with Gasteiger partial charge in [-0.05, 0) is 37.3 Å². The van der Waals surface area contributed by atoms with Crippen LogP contribution < -0.4 is 10.6 Å². The maximum atomic E-state index is 12.2. The van der Waals surface area contributed by atoms with Gasteiger partial charge in [0.15, 0.2) is 0 Å². The lowest BCUT2D eigenvalue weighted by atomic mass is 9.87. The lowest BCUT2D eigenvalue weighted by Gasteiger charge is -2.28. The van der Waals surface area contributed by atoms with Crippen molar-refractivity contribution in [1.82, 2.24) is 10.6 Å². The average molecular weight is 274 g/mol. The number of aryl methyl sites for hydroxylation is 2. The van der Waals surface area contributed by atoms with Gasteiger partial charge >= 0.3 is 0 Å². The van der Waals surface area contributed by atoms with Crippen molar-refractivity contribution >= 4 is 5.96 Å². The quantitative estimate of drug-likeness (QED) is 0.505. The van der Waals surface area contributed by atoms with E-state index >= 15 is 0 Å². The fraction of sp³-hybridized carbons (Fsp3) is 0.467. The molecule has 5 heteroatoms. The second kappa shape index (κ2) is 6.90. The van der Waals surface area contributed by atoms with E-state index in [-0.39, 0.29) is 12.6 Å². The molecule has 0 aliphatic heterocycles. The number of nitrogens with one attached hydrogen (secondary N) is 2. The highest BCUT2D eigenvalue weighted by atomic mass is 19.1. The molecule has 2 rings (SSSR count). The zero-order valence-electron chi connectivity index (χ0n) is 11.6. The molecular formula is C15H19FN4. The third-order valence-electron chi connectivity index (χ3n) is 3.47. The molecule has 1 aromatic carbocycles. The number of benzene rings is 1. The van der Waals surface area contributed by atoms with Crippen LogP contribution in [0, 0.1) is 18.4 Å². The molecule has 1 aliphatic rings. The van der Waals surface area contributed by atoms with Crippen molar-refractivity contribution < 1.29 is 4.39 Å². The lowest BCUT2D eigenvalue weighted by Crippen LogP contribution is -2.41. The van der Waals surface area contributed by atoms with E-state index in [9.17, 15) is 4.39 Å². The summed E-state index contributed by atoms with van der Waals surface area (Å²) in [5.41, 5.74) is 3.84. The second-order valence-corrected chi connectivity index (χ2v) is 4.97. The fourth-order valence-electron chi connectivity index (χ4n) is 2.60. The molecule has 1 aliphatic carbocycles. The van der Waals surface area contributed by atoms with Gasteiger partial charge in [0.1, 0.15) is 6.67 Å². The predicted molar refractivity (Wildman–Crippen MR) is 77.0 cm³/mol. The van der Waals surface area contributed by atoms with Crippen molar-refractivity contribution in [3.05, 3.63) is 34.9 Å². The van der Waals surface area contributed by atoms with Crippen LogP contribution in [0.1, 0.15) is 35.6 Å². The minimum atomic E-state index is -0.493. The Balaban J connectivity index is 2.14. The summed E-state index contributed by atoms with van der Waals surface area (Å²) in [5, 5.41) is 14.7. The maximum Gasteiger partial charge on any atom is 0.209 e. The van der Waals surface area contributed by atoms with Gasteiger partial charge < -0.3 is 10.6 Å². The number of nitriles is 1. The molecule has 0 aromatic heterocycles. The number of nitrogens with zero attached hydrogens (tertiary/aromatic N) is 2. The molecule has 2 N–H and O–H groups in total. The number of guanidine groups is 1. The first-order valence-corrected chi connectivity index (χ1v) is 6.87. The van der Waals surface area contributed by atoms with Gasteiger partial charge in [-0.2, -0.15) is 5.26 Å². The standard InChI is InChI=1S/C15H19FN4/c1-11-5-6-13-12(9-11)3-2-4-14(13)20-15(19-10-17)18-8-7-16/h5-6,9,14H,2-4,7-8H2,1H3,(H2,18,19,20). The third kappa shape index (κ3) is 3.47. The number of aliphatic imine (C=N–C) groups is 1. The molecule has 0 amide bonds. The highest BCUT2D eigenvalue weighted by Gasteiger charge is 2.21. The Bertz CT molecular complexity index is 533. The molecule has 106 valence electrons. The topological polar surface area (TPSA) is 60.2 Å². The third-order valence-corrected chi connectivity index (χ3v) is 3.47. The van der Waals surface area contributed by atoms with E-state index in [0.29, 0.717) is 5.96 Å². The van der Waals surface area contributed by atoms with Crippen LogP contribution in [0.2, 0.25) is 0 Å². The first kappa shape index (κ1) is 14.3. The number of hydrogen-bond acceptors (Lipinski definition) is 2. The van der Waals surface area contributed by atoms with Gasteiger partial charge in [-0.25, -0.2) is 4.39 Å². The van der Waals surface area contributed by atoms with Crippen LogP contribution in [0.25, 0.3) is 0 Å². The van der Waals surface area contributed by atoms with Gasteiger partial charge in [0, 0.05) is 6.54 Å². The van der Waals surface area contributed by atoms with Gasteiger partial charge in [0.2, 0.25) is 12.2 Å². The van der Waals surface area contributed by atoms with Crippen molar-refractivity contribution in [3.63, 3.8) is 0 Å². The highest BCUT2D eigenvalue weighted by Crippen LogP contribution is 2.30. The molecule has 4 nitrogen and oxygen atoms in total. The monoisotopic (exact) mass is 274 g/mol. The number of alkyl halides is 1. The Morgan fingerprint density at radius 2 is 2.40 bits per heavy atom. The molecule has 0 fully saturated rings. The Morgan fingerprint density at radius 1 is 1.55 bits per heavy atom. The van der Waals surface area contributed by atoms with E-state index in [1.807, 2.05) is 0 Å². The molecule has 0 heterocycles. The normalized spacial score (nSPS) is 18.1. The van der Waals surface area contributed by atoms with Gasteiger partial charge in [-0.3, -0.25) is 0 Å². The molecule has 20 heavy (non-hydrogen) atoms. The molecule has 0 saturated carbocycles. The molecular weight excluding hydrogens is 255 g/mol. The molecule has 1 atom stereocenters. The number of halogens is 1. The lowest BCUT2D eigenvalue weighted by molar-refractivity contribution is 0.481. The number of rotatable bonds is 3. The summed E-state index contributed by atoms with van der Waals surface area (Å²) in [4.78, 5) is 3.68. The van der Waals surface area contributed by atoms with Gasteiger partial charge in [0.05, 0.1) is 6.04 Å². The van der Waals surface area contributed by atoms with Crippen molar-refractivity contribution in [2.45, 2.75) is 32.2 Å². The van der Waals surface area contributed by atoms with Crippen LogP contribution in [0.3, 0.4) is 0 Å². The zero-order chi connectivity index (χ0) is 14.4. The summed E-state index contributed by atoms with van der Waals surface area (Å²) in [5.74, 6) is 0.351. The van der Waals surface area contributed by atoms with Crippen LogP contribution in [-0.2, 0) is 6.42 Å². The Morgan fingerprint density at radius 3 is 3.15 bits per heavy atom. The SMILES string of the molecule is Cc1ccc2c(c1)CCCC2N/C(=N\C#N)NCCF. The first-order chi connectivity index (χ1) is 9.74. The van der Waals surface area contributed by atoms with E-state index in [1.165, 1.54) is 16.7 Å². The summed E-state index contributed by atoms with van der Waals surface area (Å²) in [6, 6.07) is 6.55. The number of hydrogen-bond donors (Lipinski definition) is 2. The van der Waals surface area contributed by atoms with Gasteiger partial charge in [-0.1, -0.05) is 23.8 Å². The van der Waals surface area contributed by atoms with Crippen molar-refractivity contribution in [1.29, 1.82) is 5.26 Å². The van der Waals surface area contributed by atoms with Crippen molar-refractivity contribution in [3.8, 4) is 6.19 Å². The van der Waals surface area contributed by atoms with Gasteiger partial charge in [-0.15, -0.1) is 4.99 Å². The Labute approximate surface area is 118 Å². The summed E-state index contributed by atoms with van der Waals surface area (Å²) in [6.45, 7) is 1.75. The second-order valence-electron chi connectivity index (χ2n) is 4.97. The molecule has 1 aromatic rings. The van der Waals surface area contributed by atoms with Crippen molar-refractivity contribution in [2.75, 3.05) is 13.2 Å². The van der Waals surface area contributed by atoms with E-state index in [4.69, 9.17) is 5.26 Å². The smallest absolute Gasteiger partial charge is 0.209 e. The first-order valence-electron chi connectivity index (χ1n) is 6.87. The number of fused-ring (bicyclic) bond motifs is 1. The van der Waals surface area contributed by atoms with Crippen LogP contribution >= 0.6 is 0 Å². The molecule has 0 radical (unpaired) electrons. The largest absolute Gasteiger partial charge is 0.353 e. The Kier molecular flexibility index (Phi) is 4.94. The summed E-state index contributed by atoms with van der Waals surface area (Å²) < 4.78 is 12.2. The highest BCUT2D eigenvalue weighted by molar-refractivity contribution is 5.81. The predicted octanol–water partition coefficient (Wildman–Crippen LogP) is 2.36. The van der Waals surface area contributed by atoms with Crippen LogP contribution in [0.5, 0.6) is 0 Å². The van der Waals surface area contributed by atoms with Crippen molar-refractivity contribution in [2.24, 2.45) is 4.99 Å². The fourth-order valence-corrected chi connectivity index (χ4v) is 2.60. The van der Waals surface area contributed by atoms with Crippen LogP contribution in [-0.4, -0.2) is 19.2 Å². The van der Waals surface area contributed by atoms with E-state index < -0.39 is 6.67 Å². The molecule has 0 spiro atoms. The van der Waals surface area contributed by atoms with Gasteiger partial charge in [0.25, 0.3) is 0 Å². The maximum absolute atomic E-state index is 12.2. The molecule has 0 bridgehead atoms. The summed E-state index contributed by atoms with van der Waals surface area (Å²) in [7, 11) is 0. The summed E-state index contributed by atoms with van der Waals surface area (Å²) in [6.07, 6.45) is 4.90. The minimum Gasteiger partial charge on any atom is -0.353 e. The average Bonchev–Trinajstić information content (AvgIpc) is 2.45. The van der Waals surface area contributed by atoms with Crippen LogP contribution in [0.4, 0.5) is 4.39 Å².